The van der Waals surface area contributed by atoms with Gasteiger partial charge in [0.15, 0.2) is 0 Å². The summed E-state index contributed by atoms with van der Waals surface area (Å²) < 4.78 is 5.28. The standard InChI is InChI=1S/C17H22O2/c1-12(2)7-6-8-14(4)16-10-9-13(3)11-17(16)19-15(5)18/h7-11H,6H2,1-5H3/b14-8+. The van der Waals surface area contributed by atoms with Crippen LogP contribution in [0.3, 0.4) is 0 Å². The van der Waals surface area contributed by atoms with Crippen molar-refractivity contribution in [2.24, 2.45) is 0 Å². The average Bonchev–Trinajstić information content (AvgIpc) is 2.27. The zero-order valence-electron chi connectivity index (χ0n) is 12.4. The van der Waals surface area contributed by atoms with Crippen LogP contribution in [0.5, 0.6) is 5.75 Å². The van der Waals surface area contributed by atoms with Gasteiger partial charge in [0.25, 0.3) is 0 Å². The molecule has 0 aliphatic heterocycles. The minimum absolute atomic E-state index is 0.288. The van der Waals surface area contributed by atoms with Crippen molar-refractivity contribution in [1.29, 1.82) is 0 Å². The van der Waals surface area contributed by atoms with Crippen molar-refractivity contribution in [2.45, 2.75) is 41.0 Å². The zero-order valence-corrected chi connectivity index (χ0v) is 12.4. The van der Waals surface area contributed by atoms with Crippen LogP contribution in [-0.4, -0.2) is 5.97 Å². The average molecular weight is 258 g/mol. The van der Waals surface area contributed by atoms with Crippen molar-refractivity contribution in [2.75, 3.05) is 0 Å². The van der Waals surface area contributed by atoms with Gasteiger partial charge in [-0.1, -0.05) is 29.9 Å². The Kier molecular flexibility index (Phi) is 5.56. The fourth-order valence-corrected chi connectivity index (χ4v) is 1.78. The molecule has 0 unspecified atom stereocenters. The first-order chi connectivity index (χ1) is 8.90. The fourth-order valence-electron chi connectivity index (χ4n) is 1.78. The molecule has 2 nitrogen and oxygen atoms in total. The predicted molar refractivity (Wildman–Crippen MR) is 80.2 cm³/mol. The van der Waals surface area contributed by atoms with E-state index in [-0.39, 0.29) is 5.97 Å². The van der Waals surface area contributed by atoms with Crippen molar-refractivity contribution in [1.82, 2.24) is 0 Å². The Morgan fingerprint density at radius 2 is 1.84 bits per heavy atom. The summed E-state index contributed by atoms with van der Waals surface area (Å²) in [5.41, 5.74) is 4.47. The van der Waals surface area contributed by atoms with E-state index in [2.05, 4.69) is 26.0 Å². The van der Waals surface area contributed by atoms with Crippen molar-refractivity contribution in [3.63, 3.8) is 0 Å². The molecule has 0 saturated heterocycles. The summed E-state index contributed by atoms with van der Waals surface area (Å²) in [4.78, 5) is 11.2. The van der Waals surface area contributed by atoms with Gasteiger partial charge in [0, 0.05) is 12.5 Å². The molecule has 19 heavy (non-hydrogen) atoms. The van der Waals surface area contributed by atoms with Crippen LogP contribution in [0.2, 0.25) is 0 Å². The van der Waals surface area contributed by atoms with E-state index in [0.717, 1.165) is 23.1 Å². The number of carbonyl (C=O) groups is 1. The molecular weight excluding hydrogens is 236 g/mol. The number of carbonyl (C=O) groups excluding carboxylic acids is 1. The summed E-state index contributed by atoms with van der Waals surface area (Å²) in [6.45, 7) is 9.61. The number of hydrogen-bond acceptors (Lipinski definition) is 2. The van der Waals surface area contributed by atoms with Gasteiger partial charge in [-0.15, -0.1) is 0 Å². The molecule has 0 aliphatic rings. The smallest absolute Gasteiger partial charge is 0.308 e. The second-order valence-electron chi connectivity index (χ2n) is 5.00. The number of aryl methyl sites for hydroxylation is 1. The van der Waals surface area contributed by atoms with Crippen LogP contribution < -0.4 is 4.74 Å². The van der Waals surface area contributed by atoms with E-state index >= 15 is 0 Å². The van der Waals surface area contributed by atoms with Gasteiger partial charge in [-0.05, 0) is 51.3 Å². The highest BCUT2D eigenvalue weighted by atomic mass is 16.5. The normalized spacial score (nSPS) is 11.1. The predicted octanol–water partition coefficient (Wildman–Crippen LogP) is 4.68. The molecule has 0 saturated carbocycles. The Morgan fingerprint density at radius 1 is 1.16 bits per heavy atom. The highest BCUT2D eigenvalue weighted by Crippen LogP contribution is 2.27. The maximum absolute atomic E-state index is 11.2. The van der Waals surface area contributed by atoms with Crippen LogP contribution in [0.15, 0.2) is 35.9 Å². The molecule has 0 amide bonds. The Morgan fingerprint density at radius 3 is 2.42 bits per heavy atom. The van der Waals surface area contributed by atoms with Gasteiger partial charge >= 0.3 is 5.97 Å². The molecule has 102 valence electrons. The summed E-state index contributed by atoms with van der Waals surface area (Å²) in [6, 6.07) is 5.93. The highest BCUT2D eigenvalue weighted by Gasteiger charge is 2.07. The third-order valence-electron chi connectivity index (χ3n) is 2.77. The number of benzene rings is 1. The third-order valence-corrected chi connectivity index (χ3v) is 2.77. The lowest BCUT2D eigenvalue weighted by atomic mass is 10.0. The van der Waals surface area contributed by atoms with Gasteiger partial charge in [0.1, 0.15) is 5.75 Å². The first-order valence-corrected chi connectivity index (χ1v) is 6.49. The Balaban J connectivity index is 3.04. The molecule has 1 rings (SSSR count). The van der Waals surface area contributed by atoms with E-state index < -0.39 is 0 Å². The first kappa shape index (κ1) is 15.2. The molecule has 0 aliphatic carbocycles. The third kappa shape index (κ3) is 5.12. The summed E-state index contributed by atoms with van der Waals surface area (Å²) >= 11 is 0. The minimum atomic E-state index is -0.288. The fraction of sp³-hybridized carbons (Fsp3) is 0.353. The van der Waals surface area contributed by atoms with Gasteiger partial charge < -0.3 is 4.74 Å². The molecular formula is C17H22O2. The van der Waals surface area contributed by atoms with Gasteiger partial charge in [-0.25, -0.2) is 0 Å². The Labute approximate surface area is 115 Å². The molecule has 2 heteroatoms. The topological polar surface area (TPSA) is 26.3 Å². The Bertz CT molecular complexity index is 518. The lowest BCUT2D eigenvalue weighted by molar-refractivity contribution is -0.131. The lowest BCUT2D eigenvalue weighted by Crippen LogP contribution is -2.03. The van der Waals surface area contributed by atoms with E-state index in [9.17, 15) is 4.79 Å². The molecule has 0 heterocycles. The largest absolute Gasteiger partial charge is 0.426 e. The number of hydrogen-bond donors (Lipinski definition) is 0. The van der Waals surface area contributed by atoms with E-state index in [4.69, 9.17) is 4.74 Å². The summed E-state index contributed by atoms with van der Waals surface area (Å²) in [6.07, 6.45) is 5.20. The summed E-state index contributed by atoms with van der Waals surface area (Å²) in [5.74, 6) is 0.349. The van der Waals surface area contributed by atoms with Gasteiger partial charge in [0.05, 0.1) is 0 Å². The Hall–Kier alpha value is -1.83. The number of esters is 1. The lowest BCUT2D eigenvalue weighted by Gasteiger charge is -2.10. The molecule has 0 spiro atoms. The van der Waals surface area contributed by atoms with Crippen molar-refractivity contribution in [3.05, 3.63) is 47.1 Å². The molecule has 0 radical (unpaired) electrons. The number of rotatable bonds is 4. The summed E-state index contributed by atoms with van der Waals surface area (Å²) in [5, 5.41) is 0. The van der Waals surface area contributed by atoms with E-state index in [1.54, 1.807) is 0 Å². The number of ether oxygens (including phenoxy) is 1. The van der Waals surface area contributed by atoms with Crippen LogP contribution in [-0.2, 0) is 4.79 Å². The molecule has 0 aromatic heterocycles. The first-order valence-electron chi connectivity index (χ1n) is 6.49. The van der Waals surface area contributed by atoms with Crippen LogP contribution in [0, 0.1) is 6.92 Å². The molecule has 1 aromatic rings. The van der Waals surface area contributed by atoms with Gasteiger partial charge in [-0.3, -0.25) is 4.79 Å². The summed E-state index contributed by atoms with van der Waals surface area (Å²) in [7, 11) is 0. The number of allylic oxidation sites excluding steroid dienone is 4. The highest BCUT2D eigenvalue weighted by molar-refractivity contribution is 5.75. The zero-order chi connectivity index (χ0) is 14.4. The maximum Gasteiger partial charge on any atom is 0.308 e. The van der Waals surface area contributed by atoms with Crippen LogP contribution >= 0.6 is 0 Å². The van der Waals surface area contributed by atoms with Crippen LogP contribution in [0.4, 0.5) is 0 Å². The molecule has 0 fully saturated rings. The van der Waals surface area contributed by atoms with Crippen LogP contribution in [0.25, 0.3) is 5.57 Å². The van der Waals surface area contributed by atoms with Crippen molar-refractivity contribution < 1.29 is 9.53 Å². The van der Waals surface area contributed by atoms with E-state index in [0.29, 0.717) is 5.75 Å². The molecule has 1 aromatic carbocycles. The van der Waals surface area contributed by atoms with E-state index in [1.807, 2.05) is 32.0 Å². The van der Waals surface area contributed by atoms with Gasteiger partial charge in [-0.2, -0.15) is 0 Å². The van der Waals surface area contributed by atoms with Crippen LogP contribution in [0.1, 0.15) is 45.2 Å². The van der Waals surface area contributed by atoms with Gasteiger partial charge in [0.2, 0.25) is 0 Å². The maximum atomic E-state index is 11.2. The van der Waals surface area contributed by atoms with Crippen molar-refractivity contribution in [3.8, 4) is 5.75 Å². The second-order valence-corrected chi connectivity index (χ2v) is 5.00. The molecule has 0 bridgehead atoms. The SMILES string of the molecule is CC(=O)Oc1cc(C)ccc1/C(C)=C/CC=C(C)C. The quantitative estimate of drug-likeness (QED) is 0.445. The van der Waals surface area contributed by atoms with E-state index in [1.165, 1.54) is 12.5 Å². The minimum Gasteiger partial charge on any atom is -0.426 e. The van der Waals surface area contributed by atoms with Crippen molar-refractivity contribution >= 4 is 11.5 Å². The monoisotopic (exact) mass is 258 g/mol. The molecule has 0 N–H and O–H groups in total. The molecule has 0 atom stereocenters. The second kappa shape index (κ2) is 6.93.